The molecule has 1 aromatic rings. The third-order valence-electron chi connectivity index (χ3n) is 1.49. The van der Waals surface area contributed by atoms with E-state index in [0.717, 1.165) is 0 Å². The molecule has 0 aliphatic carbocycles. The molecule has 0 heterocycles. The van der Waals surface area contributed by atoms with Crippen LogP contribution in [0.4, 0.5) is 10.1 Å². The lowest BCUT2D eigenvalue weighted by atomic mass is 10.3. The van der Waals surface area contributed by atoms with E-state index in [4.69, 9.17) is 10.2 Å². The van der Waals surface area contributed by atoms with Gasteiger partial charge in [0, 0.05) is 0 Å². The lowest BCUT2D eigenvalue weighted by Crippen LogP contribution is -2.30. The van der Waals surface area contributed by atoms with Crippen LogP contribution in [0, 0.1) is 5.82 Å². The molecule has 0 spiro atoms. The van der Waals surface area contributed by atoms with E-state index in [1.54, 1.807) is 12.1 Å². The fraction of sp³-hybridized carbons (Fsp3) is 0.333. The van der Waals surface area contributed by atoms with Gasteiger partial charge >= 0.3 is 0 Å². The van der Waals surface area contributed by atoms with Crippen molar-refractivity contribution < 1.29 is 8.82 Å². The van der Waals surface area contributed by atoms with Crippen LogP contribution in [-0.2, 0) is 0 Å². The Balaban J connectivity index is 3.13. The van der Waals surface area contributed by atoms with E-state index in [1.807, 2.05) is 19.6 Å². The molecule has 0 amide bonds. The Labute approximate surface area is 92.5 Å². The zero-order valence-corrected chi connectivity index (χ0v) is 11.0. The predicted molar refractivity (Wildman–Crippen MR) is 62.5 cm³/mol. The van der Waals surface area contributed by atoms with E-state index in [2.05, 4.69) is 15.9 Å². The third-order valence-corrected chi connectivity index (χ3v) is 2.92. The molecule has 0 bridgehead atoms. The van der Waals surface area contributed by atoms with Gasteiger partial charge in [0.15, 0.2) is 11.6 Å². The van der Waals surface area contributed by atoms with Crippen LogP contribution < -0.4 is 10.2 Å². The molecule has 0 saturated carbocycles. The zero-order chi connectivity index (χ0) is 10.9. The molecule has 0 fully saturated rings. The molecule has 0 atom stereocenters. The van der Waals surface area contributed by atoms with Crippen molar-refractivity contribution in [3.63, 3.8) is 0 Å². The molecule has 0 aromatic heterocycles. The quantitative estimate of drug-likeness (QED) is 0.665. The van der Waals surface area contributed by atoms with Crippen molar-refractivity contribution in [2.75, 3.05) is 5.73 Å². The van der Waals surface area contributed by atoms with E-state index in [9.17, 15) is 4.39 Å². The number of anilines is 1. The van der Waals surface area contributed by atoms with Crippen LogP contribution in [0.3, 0.4) is 0 Å². The molecular weight excluding hydrogens is 265 g/mol. The molecule has 5 heteroatoms. The van der Waals surface area contributed by atoms with Crippen molar-refractivity contribution in [1.82, 2.24) is 0 Å². The minimum atomic E-state index is -1.82. The maximum atomic E-state index is 13.6. The number of rotatable bonds is 2. The maximum absolute atomic E-state index is 13.6. The first-order chi connectivity index (χ1) is 6.31. The summed E-state index contributed by atoms with van der Waals surface area (Å²) in [6, 6.07) is 3.20. The Morgan fingerprint density at radius 3 is 2.43 bits per heavy atom. The van der Waals surface area contributed by atoms with Crippen molar-refractivity contribution in [2.45, 2.75) is 19.6 Å². The molecule has 78 valence electrons. The van der Waals surface area contributed by atoms with Gasteiger partial charge in [-0.05, 0) is 47.7 Å². The summed E-state index contributed by atoms with van der Waals surface area (Å²) in [5.74, 6) is -0.258. The molecule has 1 rings (SSSR count). The molecule has 2 N–H and O–H groups in total. The van der Waals surface area contributed by atoms with E-state index in [1.165, 1.54) is 0 Å². The lowest BCUT2D eigenvalue weighted by molar-refractivity contribution is 0.495. The van der Waals surface area contributed by atoms with E-state index >= 15 is 0 Å². The van der Waals surface area contributed by atoms with Gasteiger partial charge in [-0.25, -0.2) is 4.39 Å². The highest BCUT2D eigenvalue weighted by molar-refractivity contribution is 9.10. The van der Waals surface area contributed by atoms with Crippen LogP contribution in [0.5, 0.6) is 5.75 Å². The Morgan fingerprint density at radius 1 is 1.36 bits per heavy atom. The summed E-state index contributed by atoms with van der Waals surface area (Å²) in [7, 11) is -1.82. The van der Waals surface area contributed by atoms with Gasteiger partial charge in [0.2, 0.25) is 8.32 Å². The van der Waals surface area contributed by atoms with Crippen LogP contribution in [0.25, 0.3) is 0 Å². The Bertz CT molecular complexity index is 351. The average molecular weight is 278 g/mol. The van der Waals surface area contributed by atoms with Gasteiger partial charge in [-0.1, -0.05) is 0 Å². The molecule has 0 saturated heterocycles. The number of halogens is 2. The van der Waals surface area contributed by atoms with Crippen molar-refractivity contribution in [3.05, 3.63) is 22.4 Å². The van der Waals surface area contributed by atoms with Gasteiger partial charge < -0.3 is 10.2 Å². The highest BCUT2D eigenvalue weighted by Crippen LogP contribution is 2.32. The first kappa shape index (κ1) is 11.5. The summed E-state index contributed by atoms with van der Waals surface area (Å²) in [4.78, 5) is 0. The summed E-state index contributed by atoms with van der Waals surface area (Å²) in [5, 5.41) is 0. The van der Waals surface area contributed by atoms with Crippen LogP contribution in [0.1, 0.15) is 0 Å². The van der Waals surface area contributed by atoms with E-state index < -0.39 is 14.1 Å². The summed E-state index contributed by atoms with van der Waals surface area (Å²) in [6.07, 6.45) is 0. The normalized spacial score (nSPS) is 11.5. The highest BCUT2D eigenvalue weighted by atomic mass is 79.9. The zero-order valence-electron chi connectivity index (χ0n) is 8.40. The molecule has 14 heavy (non-hydrogen) atoms. The van der Waals surface area contributed by atoms with Gasteiger partial charge in [-0.2, -0.15) is 0 Å². The predicted octanol–water partition coefficient (Wildman–Crippen LogP) is 3.38. The highest BCUT2D eigenvalue weighted by Gasteiger charge is 2.21. The second-order valence-corrected chi connectivity index (χ2v) is 9.28. The van der Waals surface area contributed by atoms with E-state index in [-0.39, 0.29) is 5.75 Å². The first-order valence-electron chi connectivity index (χ1n) is 4.24. The van der Waals surface area contributed by atoms with Gasteiger partial charge in [-0.15, -0.1) is 0 Å². The number of nitrogens with two attached hydrogens (primary N) is 1. The molecule has 0 unspecified atom stereocenters. The number of hydrogen-bond donors (Lipinski definition) is 1. The smallest absolute Gasteiger partial charge is 0.242 e. The molecule has 0 aliphatic rings. The molecule has 0 radical (unpaired) electrons. The largest absolute Gasteiger partial charge is 0.541 e. The standard InChI is InChI=1S/C9H13BrFNOSi/c1-14(2,3)13-9-7(12)5-4-6(10)8(9)11/h4-5H,12H2,1-3H3. The third kappa shape index (κ3) is 2.72. The Kier molecular flexibility index (Phi) is 3.21. The summed E-state index contributed by atoms with van der Waals surface area (Å²) in [5.41, 5.74) is 5.97. The summed E-state index contributed by atoms with van der Waals surface area (Å²) in [6.45, 7) is 5.94. The molecule has 1 aromatic carbocycles. The molecule has 0 aliphatic heterocycles. The maximum Gasteiger partial charge on any atom is 0.242 e. The van der Waals surface area contributed by atoms with Gasteiger partial charge in [0.25, 0.3) is 0 Å². The number of benzene rings is 1. The second-order valence-electron chi connectivity index (χ2n) is 3.99. The van der Waals surface area contributed by atoms with E-state index in [0.29, 0.717) is 10.2 Å². The van der Waals surface area contributed by atoms with Crippen molar-refractivity contribution >= 4 is 29.9 Å². The van der Waals surface area contributed by atoms with Crippen molar-refractivity contribution in [3.8, 4) is 5.75 Å². The second kappa shape index (κ2) is 3.90. The summed E-state index contributed by atoms with van der Waals surface area (Å²) < 4.78 is 19.5. The van der Waals surface area contributed by atoms with Crippen LogP contribution in [-0.4, -0.2) is 8.32 Å². The first-order valence-corrected chi connectivity index (χ1v) is 8.44. The topological polar surface area (TPSA) is 35.2 Å². The summed E-state index contributed by atoms with van der Waals surface area (Å²) >= 11 is 3.09. The minimum absolute atomic E-state index is 0.165. The van der Waals surface area contributed by atoms with Gasteiger partial charge in [-0.3, -0.25) is 0 Å². The van der Waals surface area contributed by atoms with Gasteiger partial charge in [0.05, 0.1) is 10.2 Å². The minimum Gasteiger partial charge on any atom is -0.541 e. The number of hydrogen-bond acceptors (Lipinski definition) is 2. The fourth-order valence-electron chi connectivity index (χ4n) is 0.957. The lowest BCUT2D eigenvalue weighted by Gasteiger charge is -2.21. The van der Waals surface area contributed by atoms with Crippen LogP contribution >= 0.6 is 15.9 Å². The van der Waals surface area contributed by atoms with Crippen LogP contribution in [0.2, 0.25) is 19.6 Å². The van der Waals surface area contributed by atoms with Crippen molar-refractivity contribution in [2.24, 2.45) is 0 Å². The monoisotopic (exact) mass is 277 g/mol. The molecule has 2 nitrogen and oxygen atoms in total. The Hall–Kier alpha value is -0.553. The molecular formula is C9H13BrFNOSi. The average Bonchev–Trinajstić information content (AvgIpc) is 2.04. The van der Waals surface area contributed by atoms with Gasteiger partial charge in [0.1, 0.15) is 0 Å². The Morgan fingerprint density at radius 2 is 1.93 bits per heavy atom. The van der Waals surface area contributed by atoms with Crippen LogP contribution in [0.15, 0.2) is 16.6 Å². The van der Waals surface area contributed by atoms with Crippen molar-refractivity contribution in [1.29, 1.82) is 0 Å². The fourth-order valence-corrected chi connectivity index (χ4v) is 2.09. The SMILES string of the molecule is C[Si](C)(C)Oc1c(N)ccc(Br)c1F. The number of nitrogen functional groups attached to an aromatic ring is 1.